The number of aromatic nitrogens is 2. The standard InChI is InChI=1S/C60H77N9O7S/c1-39(43-22-24-44(25-23-43)53-40(2)62-38-77-53)63-56(74)49-34-47(70)37-69(49)58(76)54(59(3,4)5)65-52(72)15-12-10-8-9-11-14-51(71)64-46-26-18-41(19-27-46)35-61-55(73)48-28-29-50-60(30-13-31-60)67(32-33-68(48)50)36-42-16-20-45(21-17-42)57(75)66(6)7/h16-29,38-39,47,49,54,70H,8-15,30-37H2,1-7H3,(H,61,73)(H,63,74)(H,64,71)(H,65,72)/t39-,47+,49-,54+/m0/s1. The summed E-state index contributed by atoms with van der Waals surface area (Å²) in [4.78, 5) is 90.9. The Morgan fingerprint density at radius 3 is 2.10 bits per heavy atom. The highest BCUT2D eigenvalue weighted by Gasteiger charge is 2.49. The number of anilines is 1. The largest absolute Gasteiger partial charge is 0.391 e. The van der Waals surface area contributed by atoms with E-state index >= 15 is 0 Å². The zero-order chi connectivity index (χ0) is 55.0. The van der Waals surface area contributed by atoms with Gasteiger partial charge in [0.15, 0.2) is 0 Å². The monoisotopic (exact) mass is 1070 g/mol. The number of thiazole rings is 1. The molecule has 5 N–H and O–H groups in total. The van der Waals surface area contributed by atoms with Gasteiger partial charge in [0.25, 0.3) is 11.8 Å². The summed E-state index contributed by atoms with van der Waals surface area (Å²) in [6.45, 7) is 12.2. The van der Waals surface area contributed by atoms with Gasteiger partial charge in [-0.1, -0.05) is 88.6 Å². The Morgan fingerprint density at radius 2 is 1.48 bits per heavy atom. The lowest BCUT2D eigenvalue weighted by Gasteiger charge is -2.53. The van der Waals surface area contributed by atoms with Crippen LogP contribution in [0.15, 0.2) is 90.4 Å². The molecule has 8 rings (SSSR count). The summed E-state index contributed by atoms with van der Waals surface area (Å²) in [7, 11) is 3.52. The first-order valence-electron chi connectivity index (χ1n) is 27.3. The smallest absolute Gasteiger partial charge is 0.268 e. The number of β-amino-alcohol motifs (C(OH)–C–C–N with tert-alkyl or cyclic N) is 1. The van der Waals surface area contributed by atoms with Crippen LogP contribution in [0.4, 0.5) is 5.69 Å². The van der Waals surface area contributed by atoms with Crippen LogP contribution in [-0.2, 0) is 44.4 Å². The summed E-state index contributed by atoms with van der Waals surface area (Å²) in [5, 5.41) is 22.8. The second-order valence-electron chi connectivity index (χ2n) is 22.5. The Kier molecular flexibility index (Phi) is 18.2. The molecule has 1 saturated carbocycles. The molecule has 1 spiro atoms. The van der Waals surface area contributed by atoms with Gasteiger partial charge in [-0.3, -0.25) is 33.7 Å². The second kappa shape index (κ2) is 24.8. The van der Waals surface area contributed by atoms with Gasteiger partial charge in [0, 0.05) is 83.0 Å². The predicted molar refractivity (Wildman–Crippen MR) is 300 cm³/mol. The number of aryl methyl sites for hydroxylation is 1. The van der Waals surface area contributed by atoms with Gasteiger partial charge in [0.05, 0.1) is 33.8 Å². The first kappa shape index (κ1) is 56.5. The van der Waals surface area contributed by atoms with Crippen molar-refractivity contribution in [1.82, 2.24) is 40.2 Å². The Hall–Kier alpha value is -6.69. The van der Waals surface area contributed by atoms with Crippen LogP contribution >= 0.6 is 11.3 Å². The Balaban J connectivity index is 0.718. The van der Waals surface area contributed by atoms with Gasteiger partial charge in [0.1, 0.15) is 17.8 Å². The molecule has 16 nitrogen and oxygen atoms in total. The zero-order valence-electron chi connectivity index (χ0n) is 45.8. The number of benzene rings is 3. The average Bonchev–Trinajstić information content (AvgIpc) is 4.34. The van der Waals surface area contributed by atoms with Crippen LogP contribution in [0.3, 0.4) is 0 Å². The Labute approximate surface area is 457 Å². The molecular weight excluding hydrogens is 991 g/mol. The molecule has 1 aliphatic carbocycles. The Bertz CT molecular complexity index is 2880. The van der Waals surface area contributed by atoms with Gasteiger partial charge in [-0.15, -0.1) is 11.3 Å². The fourth-order valence-electron chi connectivity index (χ4n) is 11.0. The third-order valence-corrected chi connectivity index (χ3v) is 16.6. The molecule has 5 aromatic rings. The average molecular weight is 1070 g/mol. The lowest BCUT2D eigenvalue weighted by molar-refractivity contribution is -0.144. The zero-order valence-corrected chi connectivity index (χ0v) is 46.6. The van der Waals surface area contributed by atoms with E-state index in [0.717, 1.165) is 84.4 Å². The van der Waals surface area contributed by atoms with E-state index in [4.69, 9.17) is 0 Å². The van der Waals surface area contributed by atoms with Gasteiger partial charge in [0.2, 0.25) is 23.6 Å². The van der Waals surface area contributed by atoms with Crippen molar-refractivity contribution < 1.29 is 33.9 Å². The number of carbonyl (C=O) groups is 6. The number of carbonyl (C=O) groups excluding carboxylic acids is 6. The van der Waals surface area contributed by atoms with E-state index in [9.17, 15) is 33.9 Å². The van der Waals surface area contributed by atoms with Crippen molar-refractivity contribution in [1.29, 1.82) is 0 Å². The van der Waals surface area contributed by atoms with Crippen molar-refractivity contribution in [2.45, 2.75) is 155 Å². The van der Waals surface area contributed by atoms with E-state index in [0.29, 0.717) is 49.3 Å². The van der Waals surface area contributed by atoms with Crippen molar-refractivity contribution in [3.8, 4) is 10.4 Å². The summed E-state index contributed by atoms with van der Waals surface area (Å²) in [5.41, 5.74) is 9.28. The first-order chi connectivity index (χ1) is 36.8. The number of fused-ring (bicyclic) bond motifs is 2. The van der Waals surface area contributed by atoms with Gasteiger partial charge in [-0.05, 0) is 110 Å². The van der Waals surface area contributed by atoms with Crippen LogP contribution in [-0.4, -0.2) is 110 Å². The third kappa shape index (κ3) is 13.5. The summed E-state index contributed by atoms with van der Waals surface area (Å²) < 4.78 is 2.19. The SMILES string of the molecule is Cc1ncsc1-c1ccc([C@H](C)NC(=O)[C@@H]2C[C@@H](O)CN2C(=O)[C@@H](NC(=O)CCCCCCCC(=O)Nc2ccc(CNC(=O)c3ccc4n3CCN(Cc3ccc(C(=O)N(C)C)cc3)C43CCC3)cc2)C(C)(C)C)cc1. The van der Waals surface area contributed by atoms with Gasteiger partial charge in [-0.2, -0.15) is 0 Å². The number of unbranched alkanes of at least 4 members (excludes halogenated alkanes) is 4. The number of nitrogens with zero attached hydrogens (tertiary/aromatic N) is 5. The summed E-state index contributed by atoms with van der Waals surface area (Å²) >= 11 is 1.58. The minimum absolute atomic E-state index is 0.00361. The molecule has 77 heavy (non-hydrogen) atoms. The van der Waals surface area contributed by atoms with E-state index < -0.39 is 29.5 Å². The van der Waals surface area contributed by atoms with E-state index in [-0.39, 0.29) is 60.5 Å². The van der Waals surface area contributed by atoms with Gasteiger partial charge in [-0.25, -0.2) is 4.98 Å². The highest BCUT2D eigenvalue weighted by atomic mass is 32.1. The molecular formula is C60H77N9O7S. The third-order valence-electron chi connectivity index (χ3n) is 15.6. The second-order valence-corrected chi connectivity index (χ2v) is 23.4. The summed E-state index contributed by atoms with van der Waals surface area (Å²) in [5.74, 6) is -1.20. The number of rotatable bonds is 21. The maximum absolute atomic E-state index is 14.1. The maximum Gasteiger partial charge on any atom is 0.268 e. The number of nitrogens with one attached hydrogen (secondary N) is 4. The minimum Gasteiger partial charge on any atom is -0.391 e. The maximum atomic E-state index is 14.1. The highest BCUT2D eigenvalue weighted by Crippen LogP contribution is 2.49. The molecule has 3 aromatic carbocycles. The normalized spacial score (nSPS) is 17.7. The van der Waals surface area contributed by atoms with Crippen LogP contribution in [0.25, 0.3) is 10.4 Å². The van der Waals surface area contributed by atoms with Crippen LogP contribution in [0.2, 0.25) is 0 Å². The number of hydrogen-bond acceptors (Lipinski definition) is 10. The lowest BCUT2D eigenvalue weighted by atomic mass is 9.71. The summed E-state index contributed by atoms with van der Waals surface area (Å²) in [6.07, 6.45) is 6.86. The molecule has 4 atom stereocenters. The van der Waals surface area contributed by atoms with E-state index in [1.807, 2.05) is 119 Å². The van der Waals surface area contributed by atoms with Crippen molar-refractivity contribution in [3.05, 3.63) is 130 Å². The molecule has 1 saturated heterocycles. The van der Waals surface area contributed by atoms with Crippen molar-refractivity contribution in [2.24, 2.45) is 5.41 Å². The molecule has 2 aromatic heterocycles. The molecule has 0 unspecified atom stereocenters. The number of aliphatic hydroxyl groups excluding tert-OH is 1. The number of amides is 6. The van der Waals surface area contributed by atoms with Gasteiger partial charge < -0.3 is 40.7 Å². The molecule has 2 fully saturated rings. The number of aliphatic hydroxyl groups is 1. The van der Waals surface area contributed by atoms with Gasteiger partial charge >= 0.3 is 0 Å². The molecule has 4 heterocycles. The fourth-order valence-corrected chi connectivity index (χ4v) is 11.8. The molecule has 2 aliphatic heterocycles. The van der Waals surface area contributed by atoms with Crippen LogP contribution < -0.4 is 21.3 Å². The van der Waals surface area contributed by atoms with Crippen LogP contribution in [0, 0.1) is 12.3 Å². The Morgan fingerprint density at radius 1 is 0.818 bits per heavy atom. The van der Waals surface area contributed by atoms with Crippen LogP contribution in [0.5, 0.6) is 0 Å². The predicted octanol–water partition coefficient (Wildman–Crippen LogP) is 8.49. The van der Waals surface area contributed by atoms with Crippen molar-refractivity contribution in [2.75, 3.05) is 32.5 Å². The number of hydrogen-bond donors (Lipinski definition) is 5. The van der Waals surface area contributed by atoms with Crippen LogP contribution in [0.1, 0.15) is 153 Å². The highest BCUT2D eigenvalue weighted by molar-refractivity contribution is 7.13. The van der Waals surface area contributed by atoms with Crippen molar-refractivity contribution in [3.63, 3.8) is 0 Å². The fraction of sp³-hybridized carbons (Fsp3) is 0.483. The molecule has 6 amide bonds. The quantitative estimate of drug-likeness (QED) is 0.0448. The number of likely N-dealkylation sites (tertiary alicyclic amines) is 1. The topological polar surface area (TPSA) is 198 Å². The molecule has 410 valence electrons. The van der Waals surface area contributed by atoms with E-state index in [2.05, 4.69) is 41.8 Å². The molecule has 3 aliphatic rings. The van der Waals surface area contributed by atoms with Crippen molar-refractivity contribution >= 4 is 52.5 Å². The molecule has 17 heteroatoms. The molecule has 0 bridgehead atoms. The van der Waals surface area contributed by atoms with E-state index in [1.54, 1.807) is 30.3 Å². The molecule has 0 radical (unpaired) electrons. The van der Waals surface area contributed by atoms with E-state index in [1.165, 1.54) is 10.6 Å². The lowest BCUT2D eigenvalue weighted by Crippen LogP contribution is -2.57. The summed E-state index contributed by atoms with van der Waals surface area (Å²) in [6, 6.07) is 25.3. The first-order valence-corrected chi connectivity index (χ1v) is 28.2. The minimum atomic E-state index is -0.897.